The molecule has 0 amide bonds. The maximum Gasteiger partial charge on any atom is 0.171 e. The number of nitrogens with two attached hydrogens (primary N) is 1. The van der Waals surface area contributed by atoms with Gasteiger partial charge in [0.1, 0.15) is 0 Å². The minimum atomic E-state index is 0.163. The van der Waals surface area contributed by atoms with Gasteiger partial charge in [-0.15, -0.1) is 0 Å². The second-order valence-electron chi connectivity index (χ2n) is 5.33. The molecule has 4 heteroatoms. The highest BCUT2D eigenvalue weighted by Gasteiger charge is 2.30. The lowest BCUT2D eigenvalue weighted by molar-refractivity contribution is 0.242. The van der Waals surface area contributed by atoms with Crippen LogP contribution in [-0.2, 0) is 0 Å². The molecule has 2 N–H and O–H groups in total. The third kappa shape index (κ3) is 2.75. The molecule has 0 radical (unpaired) electrons. The number of pyridine rings is 1. The van der Waals surface area contributed by atoms with Crippen LogP contribution in [0.15, 0.2) is 18.3 Å². The zero-order valence-electron chi connectivity index (χ0n) is 11.5. The van der Waals surface area contributed by atoms with Gasteiger partial charge in [0.05, 0.1) is 6.10 Å². The van der Waals surface area contributed by atoms with Crippen LogP contribution < -0.4 is 15.4 Å². The molecule has 2 atom stereocenters. The van der Waals surface area contributed by atoms with Gasteiger partial charge in [-0.1, -0.05) is 0 Å². The van der Waals surface area contributed by atoms with Gasteiger partial charge in [0.2, 0.25) is 0 Å². The van der Waals surface area contributed by atoms with E-state index in [1.165, 1.54) is 0 Å². The zero-order valence-corrected chi connectivity index (χ0v) is 11.5. The number of rotatable bonds is 4. The Bertz CT molecular complexity index is 394. The summed E-state index contributed by atoms with van der Waals surface area (Å²) in [6, 6.07) is 4.38. The number of hydrogen-bond donors (Lipinski definition) is 1. The lowest BCUT2D eigenvalue weighted by Gasteiger charge is -2.25. The molecule has 2 heterocycles. The summed E-state index contributed by atoms with van der Waals surface area (Å²) in [4.78, 5) is 6.81. The molecule has 2 rings (SSSR count). The summed E-state index contributed by atoms with van der Waals surface area (Å²) in [5.41, 5.74) is 5.78. The van der Waals surface area contributed by atoms with E-state index in [-0.39, 0.29) is 6.10 Å². The van der Waals surface area contributed by atoms with E-state index in [0.29, 0.717) is 12.0 Å². The number of ether oxygens (including phenoxy) is 1. The van der Waals surface area contributed by atoms with E-state index in [4.69, 9.17) is 10.5 Å². The Morgan fingerprint density at radius 1 is 1.56 bits per heavy atom. The summed E-state index contributed by atoms with van der Waals surface area (Å²) >= 11 is 0. The van der Waals surface area contributed by atoms with Crippen LogP contribution >= 0.6 is 0 Å². The van der Waals surface area contributed by atoms with Crippen LogP contribution in [0.2, 0.25) is 0 Å². The molecule has 0 aromatic carbocycles. The van der Waals surface area contributed by atoms with E-state index in [2.05, 4.69) is 16.8 Å². The molecule has 1 aliphatic heterocycles. The average molecular weight is 249 g/mol. The first-order valence-corrected chi connectivity index (χ1v) is 6.70. The van der Waals surface area contributed by atoms with Gasteiger partial charge in [-0.2, -0.15) is 0 Å². The molecular weight excluding hydrogens is 226 g/mol. The molecule has 0 spiro atoms. The fourth-order valence-electron chi connectivity index (χ4n) is 2.55. The number of anilines is 1. The van der Waals surface area contributed by atoms with Gasteiger partial charge in [-0.25, -0.2) is 4.98 Å². The van der Waals surface area contributed by atoms with Crippen molar-refractivity contribution in [3.8, 4) is 5.75 Å². The van der Waals surface area contributed by atoms with E-state index in [0.717, 1.165) is 31.1 Å². The molecule has 18 heavy (non-hydrogen) atoms. The van der Waals surface area contributed by atoms with Crippen LogP contribution in [-0.4, -0.2) is 30.2 Å². The van der Waals surface area contributed by atoms with Crippen molar-refractivity contribution in [2.75, 3.05) is 18.0 Å². The minimum absolute atomic E-state index is 0.163. The highest BCUT2D eigenvalue weighted by Crippen LogP contribution is 2.33. The molecule has 2 unspecified atom stereocenters. The Kier molecular flexibility index (Phi) is 4.07. The van der Waals surface area contributed by atoms with Gasteiger partial charge >= 0.3 is 0 Å². The third-order valence-electron chi connectivity index (χ3n) is 3.38. The van der Waals surface area contributed by atoms with Gasteiger partial charge in [0.15, 0.2) is 11.6 Å². The van der Waals surface area contributed by atoms with Gasteiger partial charge in [-0.05, 0) is 51.8 Å². The largest absolute Gasteiger partial charge is 0.487 e. The molecule has 1 saturated heterocycles. The van der Waals surface area contributed by atoms with Gasteiger partial charge in [0.25, 0.3) is 0 Å². The highest BCUT2D eigenvalue weighted by molar-refractivity contribution is 5.53. The fourth-order valence-corrected chi connectivity index (χ4v) is 2.55. The summed E-state index contributed by atoms with van der Waals surface area (Å²) in [5.74, 6) is 2.39. The van der Waals surface area contributed by atoms with Crippen LogP contribution in [0.3, 0.4) is 0 Å². The Labute approximate surface area is 109 Å². The van der Waals surface area contributed by atoms with Crippen molar-refractivity contribution >= 4 is 5.82 Å². The Morgan fingerprint density at radius 2 is 2.33 bits per heavy atom. The van der Waals surface area contributed by atoms with Gasteiger partial charge < -0.3 is 15.4 Å². The monoisotopic (exact) mass is 249 g/mol. The SMILES string of the molecule is CC(C)Oc1cccnc1N1CC(CN)CC1C. The van der Waals surface area contributed by atoms with Crippen LogP contribution in [0.25, 0.3) is 0 Å². The van der Waals surface area contributed by atoms with Crippen LogP contribution in [0, 0.1) is 5.92 Å². The van der Waals surface area contributed by atoms with Crippen molar-refractivity contribution < 1.29 is 4.74 Å². The standard InChI is InChI=1S/C14H23N3O/c1-10(2)18-13-5-4-6-16-14(13)17-9-12(8-15)7-11(17)3/h4-6,10-12H,7-9,15H2,1-3H3. The van der Waals surface area contributed by atoms with Gasteiger partial charge in [0, 0.05) is 18.8 Å². The van der Waals surface area contributed by atoms with Crippen LogP contribution in [0.1, 0.15) is 27.2 Å². The van der Waals surface area contributed by atoms with E-state index in [1.54, 1.807) is 0 Å². The highest BCUT2D eigenvalue weighted by atomic mass is 16.5. The topological polar surface area (TPSA) is 51.4 Å². The van der Waals surface area contributed by atoms with Crippen molar-refractivity contribution in [2.45, 2.75) is 39.3 Å². The summed E-state index contributed by atoms with van der Waals surface area (Å²) < 4.78 is 5.84. The summed E-state index contributed by atoms with van der Waals surface area (Å²) in [6.07, 6.45) is 3.12. The molecule has 100 valence electrons. The summed E-state index contributed by atoms with van der Waals surface area (Å²) in [5, 5.41) is 0. The molecule has 1 fully saturated rings. The van der Waals surface area contributed by atoms with Crippen LogP contribution in [0.4, 0.5) is 5.82 Å². The number of aromatic nitrogens is 1. The van der Waals surface area contributed by atoms with Gasteiger partial charge in [-0.3, -0.25) is 0 Å². The molecule has 1 aromatic rings. The Morgan fingerprint density at radius 3 is 2.94 bits per heavy atom. The number of hydrogen-bond acceptors (Lipinski definition) is 4. The van der Waals surface area contributed by atoms with E-state index in [1.807, 2.05) is 32.2 Å². The smallest absolute Gasteiger partial charge is 0.171 e. The van der Waals surface area contributed by atoms with Crippen molar-refractivity contribution in [1.29, 1.82) is 0 Å². The maximum atomic E-state index is 5.84. The second kappa shape index (κ2) is 5.57. The molecule has 1 aromatic heterocycles. The normalized spacial score (nSPS) is 23.7. The van der Waals surface area contributed by atoms with E-state index < -0.39 is 0 Å². The quantitative estimate of drug-likeness (QED) is 0.887. The Balaban J connectivity index is 2.22. The Hall–Kier alpha value is -1.29. The predicted molar refractivity (Wildman–Crippen MR) is 74.0 cm³/mol. The first-order chi connectivity index (χ1) is 8.61. The zero-order chi connectivity index (χ0) is 13.1. The van der Waals surface area contributed by atoms with E-state index >= 15 is 0 Å². The summed E-state index contributed by atoms with van der Waals surface area (Å²) in [7, 11) is 0. The molecule has 0 saturated carbocycles. The lowest BCUT2D eigenvalue weighted by atomic mass is 10.1. The molecule has 1 aliphatic rings. The first kappa shape index (κ1) is 13.1. The van der Waals surface area contributed by atoms with Crippen LogP contribution in [0.5, 0.6) is 5.75 Å². The lowest BCUT2D eigenvalue weighted by Crippen LogP contribution is -2.29. The van der Waals surface area contributed by atoms with Crippen molar-refractivity contribution in [3.05, 3.63) is 18.3 Å². The van der Waals surface area contributed by atoms with Crippen molar-refractivity contribution in [3.63, 3.8) is 0 Å². The van der Waals surface area contributed by atoms with Crippen molar-refractivity contribution in [2.24, 2.45) is 11.7 Å². The molecule has 4 nitrogen and oxygen atoms in total. The summed E-state index contributed by atoms with van der Waals surface area (Å²) in [6.45, 7) is 8.01. The first-order valence-electron chi connectivity index (χ1n) is 6.70. The fraction of sp³-hybridized carbons (Fsp3) is 0.643. The molecule has 0 aliphatic carbocycles. The predicted octanol–water partition coefficient (Wildman–Crippen LogP) is 2.04. The number of nitrogens with zero attached hydrogens (tertiary/aromatic N) is 2. The molecule has 0 bridgehead atoms. The second-order valence-corrected chi connectivity index (χ2v) is 5.33. The minimum Gasteiger partial charge on any atom is -0.487 e. The van der Waals surface area contributed by atoms with E-state index in [9.17, 15) is 0 Å². The third-order valence-corrected chi connectivity index (χ3v) is 3.38. The molecular formula is C14H23N3O. The average Bonchev–Trinajstić information content (AvgIpc) is 2.70. The maximum absolute atomic E-state index is 5.84. The van der Waals surface area contributed by atoms with Crippen molar-refractivity contribution in [1.82, 2.24) is 4.98 Å².